The highest BCUT2D eigenvalue weighted by Crippen LogP contribution is 2.32. The van der Waals surface area contributed by atoms with Gasteiger partial charge in [-0.15, -0.1) is 0 Å². The van der Waals surface area contributed by atoms with Crippen molar-refractivity contribution in [2.45, 2.75) is 12.8 Å². The standard InChI is InChI=1S/C14H19N3O5S/c1-20-11-6-9(22-5-3-4-13(18)19)7-12(21-2)10(11)8-16-17-14(15)23/h6-8H,3-5H2,1-2H3,(H,18,19)(H3,15,17,23). The minimum Gasteiger partial charge on any atom is -0.496 e. The molecule has 0 amide bonds. The average Bonchev–Trinajstić information content (AvgIpc) is 2.51. The summed E-state index contributed by atoms with van der Waals surface area (Å²) in [5.41, 5.74) is 8.32. The van der Waals surface area contributed by atoms with Gasteiger partial charge in [0.05, 0.1) is 32.6 Å². The predicted octanol–water partition coefficient (Wildman–Crippen LogP) is 1.11. The highest BCUT2D eigenvalue weighted by molar-refractivity contribution is 7.80. The van der Waals surface area contributed by atoms with E-state index in [9.17, 15) is 4.79 Å². The molecule has 9 heteroatoms. The van der Waals surface area contributed by atoms with Gasteiger partial charge in [0.15, 0.2) is 5.11 Å². The van der Waals surface area contributed by atoms with E-state index in [2.05, 4.69) is 22.7 Å². The molecule has 0 aliphatic carbocycles. The number of ether oxygens (including phenoxy) is 3. The molecule has 0 saturated carbocycles. The van der Waals surface area contributed by atoms with Crippen molar-refractivity contribution in [1.82, 2.24) is 5.43 Å². The molecule has 0 aliphatic rings. The van der Waals surface area contributed by atoms with Gasteiger partial charge in [-0.25, -0.2) is 0 Å². The molecule has 0 saturated heterocycles. The molecule has 0 fully saturated rings. The number of aliphatic carboxylic acids is 1. The number of carboxylic acid groups (broad SMARTS) is 1. The van der Waals surface area contributed by atoms with Gasteiger partial charge in [0.2, 0.25) is 0 Å². The maximum absolute atomic E-state index is 10.5. The minimum absolute atomic E-state index is 0.0394. The Labute approximate surface area is 139 Å². The van der Waals surface area contributed by atoms with Gasteiger partial charge < -0.3 is 25.1 Å². The number of methoxy groups -OCH3 is 2. The molecule has 0 unspecified atom stereocenters. The van der Waals surface area contributed by atoms with Crippen molar-refractivity contribution >= 4 is 29.5 Å². The van der Waals surface area contributed by atoms with Crippen LogP contribution < -0.4 is 25.4 Å². The number of thiocarbonyl (C=S) groups is 1. The lowest BCUT2D eigenvalue weighted by molar-refractivity contribution is -0.137. The lowest BCUT2D eigenvalue weighted by atomic mass is 10.2. The Morgan fingerprint density at radius 3 is 2.48 bits per heavy atom. The topological polar surface area (TPSA) is 115 Å². The number of rotatable bonds is 9. The number of benzene rings is 1. The Morgan fingerprint density at radius 2 is 2.00 bits per heavy atom. The summed E-state index contributed by atoms with van der Waals surface area (Å²) in [7, 11) is 3.00. The number of nitrogens with zero attached hydrogens (tertiary/aromatic N) is 1. The maximum atomic E-state index is 10.5. The van der Waals surface area contributed by atoms with Crippen LogP contribution in [0, 0.1) is 0 Å². The van der Waals surface area contributed by atoms with Crippen molar-refractivity contribution < 1.29 is 24.1 Å². The van der Waals surface area contributed by atoms with E-state index in [1.54, 1.807) is 12.1 Å². The number of hydrogen-bond acceptors (Lipinski definition) is 6. The van der Waals surface area contributed by atoms with Crippen LogP contribution in [0.1, 0.15) is 18.4 Å². The third-order valence-electron chi connectivity index (χ3n) is 2.69. The van der Waals surface area contributed by atoms with Gasteiger partial charge in [-0.05, 0) is 18.6 Å². The largest absolute Gasteiger partial charge is 0.496 e. The summed E-state index contributed by atoms with van der Waals surface area (Å²) in [5, 5.41) is 12.5. The van der Waals surface area contributed by atoms with E-state index in [-0.39, 0.29) is 18.1 Å². The second kappa shape index (κ2) is 9.46. The van der Waals surface area contributed by atoms with E-state index < -0.39 is 5.97 Å². The summed E-state index contributed by atoms with van der Waals surface area (Å²) < 4.78 is 16.1. The molecule has 1 aromatic rings. The summed E-state index contributed by atoms with van der Waals surface area (Å²) >= 11 is 4.66. The van der Waals surface area contributed by atoms with E-state index in [4.69, 9.17) is 25.1 Å². The molecule has 0 aliphatic heterocycles. The fourth-order valence-corrected chi connectivity index (χ4v) is 1.75. The molecule has 23 heavy (non-hydrogen) atoms. The van der Waals surface area contributed by atoms with Gasteiger partial charge in [0, 0.05) is 18.6 Å². The number of nitrogens with one attached hydrogen (secondary N) is 1. The van der Waals surface area contributed by atoms with Crippen molar-refractivity contribution in [3.8, 4) is 17.2 Å². The number of nitrogens with two attached hydrogens (primary N) is 1. The van der Waals surface area contributed by atoms with Gasteiger partial charge in [0.25, 0.3) is 0 Å². The minimum atomic E-state index is -0.861. The third kappa shape index (κ3) is 6.39. The first kappa shape index (κ1) is 18.5. The van der Waals surface area contributed by atoms with E-state index in [1.165, 1.54) is 20.4 Å². The fourth-order valence-electron chi connectivity index (χ4n) is 1.70. The van der Waals surface area contributed by atoms with Crippen LogP contribution in [0.2, 0.25) is 0 Å². The number of hydrazone groups is 1. The average molecular weight is 341 g/mol. The van der Waals surface area contributed by atoms with E-state index in [1.807, 2.05) is 0 Å². The molecular weight excluding hydrogens is 322 g/mol. The zero-order valence-electron chi connectivity index (χ0n) is 12.9. The van der Waals surface area contributed by atoms with E-state index in [0.29, 0.717) is 29.2 Å². The van der Waals surface area contributed by atoms with Crippen molar-refractivity contribution in [3.05, 3.63) is 17.7 Å². The van der Waals surface area contributed by atoms with E-state index >= 15 is 0 Å². The van der Waals surface area contributed by atoms with Crippen LogP contribution >= 0.6 is 12.2 Å². The second-order valence-electron chi connectivity index (χ2n) is 4.32. The second-order valence-corrected chi connectivity index (χ2v) is 4.76. The van der Waals surface area contributed by atoms with Crippen molar-refractivity contribution in [1.29, 1.82) is 0 Å². The van der Waals surface area contributed by atoms with Crippen LogP contribution in [0.5, 0.6) is 17.2 Å². The van der Waals surface area contributed by atoms with Gasteiger partial charge in [-0.3, -0.25) is 10.2 Å². The summed E-state index contributed by atoms with van der Waals surface area (Å²) in [4.78, 5) is 10.5. The number of hydrogen-bond donors (Lipinski definition) is 3. The SMILES string of the molecule is COc1cc(OCCCC(=O)O)cc(OC)c1C=NNC(N)=S. The van der Waals surface area contributed by atoms with Crippen molar-refractivity contribution in [2.75, 3.05) is 20.8 Å². The van der Waals surface area contributed by atoms with Gasteiger partial charge in [-0.1, -0.05) is 0 Å². The Kier molecular flexibility index (Phi) is 7.61. The monoisotopic (exact) mass is 341 g/mol. The molecule has 1 rings (SSSR count). The predicted molar refractivity (Wildman–Crippen MR) is 89.4 cm³/mol. The Hall–Kier alpha value is -2.55. The van der Waals surface area contributed by atoms with Crippen LogP contribution in [-0.4, -0.2) is 43.2 Å². The number of carbonyl (C=O) groups is 1. The van der Waals surface area contributed by atoms with Crippen molar-refractivity contribution in [3.63, 3.8) is 0 Å². The van der Waals surface area contributed by atoms with Crippen LogP contribution in [0.15, 0.2) is 17.2 Å². The zero-order chi connectivity index (χ0) is 17.2. The van der Waals surface area contributed by atoms with E-state index in [0.717, 1.165) is 0 Å². The Balaban J connectivity index is 2.89. The molecule has 126 valence electrons. The van der Waals surface area contributed by atoms with Gasteiger partial charge in [-0.2, -0.15) is 5.10 Å². The summed E-state index contributed by atoms with van der Waals surface area (Å²) in [5.74, 6) is 0.598. The smallest absolute Gasteiger partial charge is 0.303 e. The number of carboxylic acids is 1. The molecule has 0 heterocycles. The molecule has 1 aromatic carbocycles. The maximum Gasteiger partial charge on any atom is 0.303 e. The van der Waals surface area contributed by atoms with Crippen LogP contribution in [0.3, 0.4) is 0 Å². The summed E-state index contributed by atoms with van der Waals surface area (Å²) in [6.45, 7) is 0.273. The molecule has 4 N–H and O–H groups in total. The third-order valence-corrected chi connectivity index (χ3v) is 2.78. The highest BCUT2D eigenvalue weighted by Gasteiger charge is 2.12. The van der Waals surface area contributed by atoms with Gasteiger partial charge >= 0.3 is 5.97 Å². The molecule has 0 bridgehead atoms. The van der Waals surface area contributed by atoms with Gasteiger partial charge in [0.1, 0.15) is 17.2 Å². The quantitative estimate of drug-likeness (QED) is 0.265. The molecule has 0 radical (unpaired) electrons. The van der Waals surface area contributed by atoms with Crippen LogP contribution in [0.25, 0.3) is 0 Å². The molecule has 0 atom stereocenters. The van der Waals surface area contributed by atoms with Crippen molar-refractivity contribution in [2.24, 2.45) is 10.8 Å². The molecular formula is C14H19N3O5S. The Bertz CT molecular complexity index is 567. The first-order chi connectivity index (χ1) is 11.0. The fraction of sp³-hybridized carbons (Fsp3) is 0.357. The summed E-state index contributed by atoms with van der Waals surface area (Å²) in [6.07, 6.45) is 1.91. The highest BCUT2D eigenvalue weighted by atomic mass is 32.1. The molecule has 0 spiro atoms. The lowest BCUT2D eigenvalue weighted by Crippen LogP contribution is -2.24. The van der Waals surface area contributed by atoms with Crippen LogP contribution in [-0.2, 0) is 4.79 Å². The zero-order valence-corrected chi connectivity index (χ0v) is 13.7. The first-order valence-electron chi connectivity index (χ1n) is 6.67. The summed E-state index contributed by atoms with van der Waals surface area (Å²) in [6, 6.07) is 3.32. The molecule has 0 aromatic heterocycles. The molecule has 8 nitrogen and oxygen atoms in total. The lowest BCUT2D eigenvalue weighted by Gasteiger charge is -2.13. The van der Waals surface area contributed by atoms with Crippen LogP contribution in [0.4, 0.5) is 0 Å². The first-order valence-corrected chi connectivity index (χ1v) is 7.08. The normalized spacial score (nSPS) is 10.3. The Morgan fingerprint density at radius 1 is 1.39 bits per heavy atom.